The first kappa shape index (κ1) is 14.3. The van der Waals surface area contributed by atoms with Crippen molar-refractivity contribution in [2.45, 2.75) is 26.0 Å². The van der Waals surface area contributed by atoms with Crippen LogP contribution < -0.4 is 10.5 Å². The van der Waals surface area contributed by atoms with Crippen LogP contribution in [0.1, 0.15) is 18.1 Å². The molecule has 0 amide bonds. The molecule has 1 atom stereocenters. The van der Waals surface area contributed by atoms with E-state index in [-0.39, 0.29) is 17.6 Å². The van der Waals surface area contributed by atoms with E-state index in [1.807, 2.05) is 6.92 Å². The second-order valence-electron chi connectivity index (χ2n) is 4.89. The van der Waals surface area contributed by atoms with E-state index in [0.29, 0.717) is 18.8 Å². The smallest absolute Gasteiger partial charge is 0.123 e. The van der Waals surface area contributed by atoms with Crippen LogP contribution in [-0.4, -0.2) is 11.1 Å². The van der Waals surface area contributed by atoms with Gasteiger partial charge in [0.15, 0.2) is 0 Å². The van der Waals surface area contributed by atoms with Gasteiger partial charge in [-0.25, -0.2) is 4.39 Å². The molecule has 0 spiro atoms. The Kier molecular flexibility index (Phi) is 4.58. The van der Waals surface area contributed by atoms with Crippen LogP contribution in [0.3, 0.4) is 0 Å². The van der Waals surface area contributed by atoms with Crippen LogP contribution in [0.5, 0.6) is 11.5 Å². The molecule has 0 aliphatic heterocycles. The average molecular weight is 275 g/mol. The predicted molar refractivity (Wildman–Crippen MR) is 76.2 cm³/mol. The monoisotopic (exact) mass is 275 g/mol. The number of rotatable bonds is 5. The molecule has 3 nitrogen and oxygen atoms in total. The summed E-state index contributed by atoms with van der Waals surface area (Å²) in [5.74, 6) is 0.558. The van der Waals surface area contributed by atoms with E-state index >= 15 is 0 Å². The topological polar surface area (TPSA) is 55.5 Å². The summed E-state index contributed by atoms with van der Waals surface area (Å²) in [6, 6.07) is 11.2. The number of phenolic OH excluding ortho intramolecular Hbond substituents is 1. The van der Waals surface area contributed by atoms with Crippen molar-refractivity contribution in [2.75, 3.05) is 0 Å². The first-order valence-electron chi connectivity index (χ1n) is 6.49. The molecule has 0 saturated heterocycles. The second kappa shape index (κ2) is 6.39. The summed E-state index contributed by atoms with van der Waals surface area (Å²) in [7, 11) is 0. The largest absolute Gasteiger partial charge is 0.508 e. The van der Waals surface area contributed by atoms with Crippen LogP contribution >= 0.6 is 0 Å². The highest BCUT2D eigenvalue weighted by Gasteiger charge is 2.08. The third-order valence-corrected chi connectivity index (χ3v) is 2.90. The van der Waals surface area contributed by atoms with E-state index in [1.54, 1.807) is 30.3 Å². The number of ether oxygens (including phenoxy) is 1. The van der Waals surface area contributed by atoms with Crippen molar-refractivity contribution in [3.8, 4) is 11.5 Å². The standard InChI is InChI=1S/C16H18FNO2/c1-11(18)8-13-9-14(17)4-7-16(13)20-10-12-2-5-15(19)6-3-12/h2-7,9,11,19H,8,10,18H2,1H3. The van der Waals surface area contributed by atoms with Crippen molar-refractivity contribution in [3.63, 3.8) is 0 Å². The lowest BCUT2D eigenvalue weighted by molar-refractivity contribution is 0.301. The Morgan fingerprint density at radius 3 is 2.55 bits per heavy atom. The minimum absolute atomic E-state index is 0.0622. The molecule has 2 rings (SSSR count). The van der Waals surface area contributed by atoms with Crippen molar-refractivity contribution >= 4 is 0 Å². The Balaban J connectivity index is 2.10. The highest BCUT2D eigenvalue weighted by molar-refractivity contribution is 5.35. The summed E-state index contributed by atoms with van der Waals surface area (Å²) in [4.78, 5) is 0. The third kappa shape index (κ3) is 3.96. The van der Waals surface area contributed by atoms with Gasteiger partial charge >= 0.3 is 0 Å². The van der Waals surface area contributed by atoms with Gasteiger partial charge in [0.2, 0.25) is 0 Å². The fraction of sp³-hybridized carbons (Fsp3) is 0.250. The normalized spacial score (nSPS) is 12.2. The molecule has 0 fully saturated rings. The van der Waals surface area contributed by atoms with E-state index in [4.69, 9.17) is 10.5 Å². The highest BCUT2D eigenvalue weighted by atomic mass is 19.1. The lowest BCUT2D eigenvalue weighted by Gasteiger charge is -2.13. The van der Waals surface area contributed by atoms with Crippen molar-refractivity contribution in [3.05, 3.63) is 59.4 Å². The zero-order valence-electron chi connectivity index (χ0n) is 11.3. The lowest BCUT2D eigenvalue weighted by atomic mass is 10.1. The molecule has 2 aromatic rings. The summed E-state index contributed by atoms with van der Waals surface area (Å²) in [5, 5.41) is 9.22. The zero-order chi connectivity index (χ0) is 14.5. The Morgan fingerprint density at radius 1 is 1.20 bits per heavy atom. The molecule has 0 aliphatic carbocycles. The number of hydrogen-bond donors (Lipinski definition) is 2. The minimum Gasteiger partial charge on any atom is -0.508 e. The van der Waals surface area contributed by atoms with Crippen LogP contribution in [0.4, 0.5) is 4.39 Å². The Hall–Kier alpha value is -2.07. The van der Waals surface area contributed by atoms with Gasteiger partial charge in [0.25, 0.3) is 0 Å². The number of nitrogens with two attached hydrogens (primary N) is 1. The molecule has 106 valence electrons. The van der Waals surface area contributed by atoms with Crippen LogP contribution in [0.2, 0.25) is 0 Å². The van der Waals surface area contributed by atoms with Gasteiger partial charge in [-0.05, 0) is 54.8 Å². The summed E-state index contributed by atoms with van der Waals surface area (Å²) in [6.07, 6.45) is 0.558. The first-order valence-corrected chi connectivity index (χ1v) is 6.49. The molecule has 1 unspecified atom stereocenters. The summed E-state index contributed by atoms with van der Waals surface area (Å²) in [6.45, 7) is 2.23. The maximum Gasteiger partial charge on any atom is 0.123 e. The van der Waals surface area contributed by atoms with Gasteiger partial charge in [0.05, 0.1) is 0 Å². The highest BCUT2D eigenvalue weighted by Crippen LogP contribution is 2.22. The molecule has 20 heavy (non-hydrogen) atoms. The Labute approximate surface area is 117 Å². The molecular formula is C16H18FNO2. The van der Waals surface area contributed by atoms with E-state index < -0.39 is 0 Å². The van der Waals surface area contributed by atoms with Gasteiger partial charge in [0, 0.05) is 6.04 Å². The quantitative estimate of drug-likeness (QED) is 0.882. The van der Waals surface area contributed by atoms with Crippen molar-refractivity contribution < 1.29 is 14.2 Å². The van der Waals surface area contributed by atoms with Crippen molar-refractivity contribution in [1.82, 2.24) is 0 Å². The molecular weight excluding hydrogens is 257 g/mol. The van der Waals surface area contributed by atoms with Gasteiger partial charge < -0.3 is 15.6 Å². The third-order valence-electron chi connectivity index (χ3n) is 2.90. The van der Waals surface area contributed by atoms with Crippen LogP contribution in [0.25, 0.3) is 0 Å². The van der Waals surface area contributed by atoms with E-state index in [0.717, 1.165) is 11.1 Å². The maximum atomic E-state index is 13.3. The SMILES string of the molecule is CC(N)Cc1cc(F)ccc1OCc1ccc(O)cc1. The number of halogens is 1. The lowest BCUT2D eigenvalue weighted by Crippen LogP contribution is -2.18. The number of aromatic hydroxyl groups is 1. The van der Waals surface area contributed by atoms with E-state index in [9.17, 15) is 9.50 Å². The first-order chi connectivity index (χ1) is 9.54. The molecule has 4 heteroatoms. The molecule has 2 aromatic carbocycles. The van der Waals surface area contributed by atoms with Crippen LogP contribution in [0.15, 0.2) is 42.5 Å². The molecule has 0 bridgehead atoms. The zero-order valence-corrected chi connectivity index (χ0v) is 11.3. The van der Waals surface area contributed by atoms with Crippen LogP contribution in [-0.2, 0) is 13.0 Å². The number of benzene rings is 2. The van der Waals surface area contributed by atoms with E-state index in [2.05, 4.69) is 0 Å². The van der Waals surface area contributed by atoms with Crippen molar-refractivity contribution in [1.29, 1.82) is 0 Å². The molecule has 0 aromatic heterocycles. The number of phenols is 1. The predicted octanol–water partition coefficient (Wildman–Crippen LogP) is 3.00. The van der Waals surface area contributed by atoms with Crippen molar-refractivity contribution in [2.24, 2.45) is 5.73 Å². The molecule has 3 N–H and O–H groups in total. The molecule has 0 saturated carbocycles. The fourth-order valence-corrected chi connectivity index (χ4v) is 1.95. The molecule has 0 aliphatic rings. The van der Waals surface area contributed by atoms with E-state index in [1.165, 1.54) is 12.1 Å². The molecule has 0 heterocycles. The van der Waals surface area contributed by atoms with Gasteiger partial charge in [0.1, 0.15) is 23.9 Å². The Morgan fingerprint density at radius 2 is 1.90 bits per heavy atom. The summed E-state index contributed by atoms with van der Waals surface area (Å²) in [5.41, 5.74) is 7.45. The van der Waals surface area contributed by atoms with Gasteiger partial charge in [-0.3, -0.25) is 0 Å². The summed E-state index contributed by atoms with van der Waals surface area (Å²) < 4.78 is 19.0. The minimum atomic E-state index is -0.294. The van der Waals surface area contributed by atoms with Crippen LogP contribution in [0, 0.1) is 5.82 Å². The Bertz CT molecular complexity index is 567. The summed E-state index contributed by atoms with van der Waals surface area (Å²) >= 11 is 0. The van der Waals surface area contributed by atoms with Gasteiger partial charge in [-0.1, -0.05) is 12.1 Å². The average Bonchev–Trinajstić information content (AvgIpc) is 2.39. The molecule has 0 radical (unpaired) electrons. The number of hydrogen-bond acceptors (Lipinski definition) is 3. The maximum absolute atomic E-state index is 13.3. The fourth-order valence-electron chi connectivity index (χ4n) is 1.95. The van der Waals surface area contributed by atoms with Gasteiger partial charge in [-0.2, -0.15) is 0 Å². The van der Waals surface area contributed by atoms with Gasteiger partial charge in [-0.15, -0.1) is 0 Å². The second-order valence-corrected chi connectivity index (χ2v) is 4.89.